The summed E-state index contributed by atoms with van der Waals surface area (Å²) in [5.74, 6) is 1.93. The Morgan fingerprint density at radius 3 is 1.23 bits per heavy atom. The molecule has 0 radical (unpaired) electrons. The van der Waals surface area contributed by atoms with Gasteiger partial charge in [0.25, 0.3) is 0 Å². The molecule has 0 unspecified atom stereocenters. The smallest absolute Gasteiger partial charge is 0.164 e. The molecule has 0 aliphatic rings. The van der Waals surface area contributed by atoms with E-state index in [-0.39, 0.29) is 0 Å². The molecule has 0 saturated carbocycles. The third-order valence-electron chi connectivity index (χ3n) is 11.9. The molecule has 0 spiro atoms. The van der Waals surface area contributed by atoms with Crippen LogP contribution in [0, 0.1) is 0 Å². The van der Waals surface area contributed by atoms with Gasteiger partial charge in [-0.25, -0.2) is 15.0 Å². The van der Waals surface area contributed by atoms with Crippen molar-refractivity contribution in [2.45, 2.75) is 0 Å². The summed E-state index contributed by atoms with van der Waals surface area (Å²) in [6.07, 6.45) is 0. The number of aromatic nitrogens is 3. The van der Waals surface area contributed by atoms with Crippen molar-refractivity contribution in [1.82, 2.24) is 15.0 Å². The number of benzene rings is 10. The van der Waals surface area contributed by atoms with Crippen LogP contribution in [0.1, 0.15) is 0 Å². The molecular weight excluding hydrogens is 759 g/mol. The summed E-state index contributed by atoms with van der Waals surface area (Å²) in [7, 11) is 0. The van der Waals surface area contributed by atoms with E-state index in [1.54, 1.807) is 0 Å². The number of nitrogens with zero attached hydrogens (tertiary/aromatic N) is 3. The average molecular weight is 794 g/mol. The van der Waals surface area contributed by atoms with Crippen molar-refractivity contribution in [3.8, 4) is 67.5 Å². The summed E-state index contributed by atoms with van der Waals surface area (Å²) in [6.45, 7) is 0. The van der Waals surface area contributed by atoms with E-state index in [0.29, 0.717) is 17.5 Å². The Labute approximate surface area is 356 Å². The van der Waals surface area contributed by atoms with Gasteiger partial charge in [0.1, 0.15) is 0 Å². The van der Waals surface area contributed by atoms with Gasteiger partial charge in [0, 0.05) is 36.9 Å². The zero-order chi connectivity index (χ0) is 40.3. The van der Waals surface area contributed by atoms with Crippen LogP contribution < -0.4 is 0 Å². The third-order valence-corrected chi connectivity index (χ3v) is 13.0. The summed E-state index contributed by atoms with van der Waals surface area (Å²) >= 11 is 1.87. The maximum absolute atomic E-state index is 5.19. The first-order chi connectivity index (χ1) is 30.2. The lowest BCUT2D eigenvalue weighted by atomic mass is 9.95. The molecule has 0 saturated heterocycles. The number of thiophene rings is 1. The molecule has 3 nitrogen and oxygen atoms in total. The van der Waals surface area contributed by atoms with Crippen molar-refractivity contribution in [1.29, 1.82) is 0 Å². The first-order valence-electron chi connectivity index (χ1n) is 20.6. The van der Waals surface area contributed by atoms with Gasteiger partial charge >= 0.3 is 0 Å². The topological polar surface area (TPSA) is 38.7 Å². The molecule has 61 heavy (non-hydrogen) atoms. The minimum Gasteiger partial charge on any atom is -0.208 e. The van der Waals surface area contributed by atoms with E-state index in [1.165, 1.54) is 47.6 Å². The Bertz CT molecular complexity index is 3570. The van der Waals surface area contributed by atoms with Crippen LogP contribution in [0.3, 0.4) is 0 Å². The Kier molecular flexibility index (Phi) is 8.36. The van der Waals surface area contributed by atoms with Crippen molar-refractivity contribution in [3.63, 3.8) is 0 Å². The van der Waals surface area contributed by atoms with E-state index >= 15 is 0 Å². The monoisotopic (exact) mass is 793 g/mol. The summed E-state index contributed by atoms with van der Waals surface area (Å²) in [6, 6.07) is 75.9. The van der Waals surface area contributed by atoms with E-state index in [9.17, 15) is 0 Å². The fourth-order valence-corrected chi connectivity index (χ4v) is 10.00. The average Bonchev–Trinajstić information content (AvgIpc) is 3.69. The second kappa shape index (κ2) is 14.5. The maximum Gasteiger partial charge on any atom is 0.164 e. The van der Waals surface area contributed by atoms with E-state index < -0.39 is 0 Å². The van der Waals surface area contributed by atoms with E-state index in [1.807, 2.05) is 11.3 Å². The molecular formula is C57H35N3S. The molecule has 0 atom stereocenters. The van der Waals surface area contributed by atoms with Gasteiger partial charge in [-0.05, 0) is 102 Å². The molecule has 284 valence electrons. The highest BCUT2D eigenvalue weighted by Gasteiger charge is 2.17. The Hall–Kier alpha value is -7.79. The first-order valence-corrected chi connectivity index (χ1v) is 21.4. The second-order valence-electron chi connectivity index (χ2n) is 15.6. The highest BCUT2D eigenvalue weighted by atomic mass is 32.1. The van der Waals surface area contributed by atoms with Crippen LogP contribution in [0.5, 0.6) is 0 Å². The molecule has 2 aromatic heterocycles. The predicted molar refractivity (Wildman–Crippen MR) is 258 cm³/mol. The molecule has 0 aliphatic carbocycles. The Morgan fingerprint density at radius 2 is 0.656 bits per heavy atom. The minimum absolute atomic E-state index is 0.635. The third kappa shape index (κ3) is 6.33. The maximum atomic E-state index is 5.19. The minimum atomic E-state index is 0.635. The van der Waals surface area contributed by atoms with E-state index in [2.05, 4.69) is 212 Å². The van der Waals surface area contributed by atoms with Gasteiger partial charge in [0.05, 0.1) is 0 Å². The lowest BCUT2D eigenvalue weighted by Crippen LogP contribution is -2.01. The molecule has 12 aromatic rings. The summed E-state index contributed by atoms with van der Waals surface area (Å²) in [4.78, 5) is 15.5. The van der Waals surface area contributed by atoms with Gasteiger partial charge in [-0.15, -0.1) is 11.3 Å². The van der Waals surface area contributed by atoms with Gasteiger partial charge in [-0.2, -0.15) is 0 Å². The lowest BCUT2D eigenvalue weighted by molar-refractivity contribution is 1.08. The van der Waals surface area contributed by atoms with E-state index in [4.69, 9.17) is 15.0 Å². The molecule has 4 heteroatoms. The van der Waals surface area contributed by atoms with Crippen LogP contribution in [0.4, 0.5) is 0 Å². The molecule has 12 rings (SSSR count). The Morgan fingerprint density at radius 1 is 0.246 bits per heavy atom. The standard InChI is InChI=1S/C57H35N3S/c1-2-15-44-34-54-52(33-43(44)14-1)49-29-28-45(35-53(49)61-54)41-21-8-19-39(31-41)38-18-7-20-40(30-38)42-22-9-23-46(32-42)55-58-56(50-26-10-16-36-12-3-5-24-47(36)50)60-57(59-55)51-27-11-17-37-13-4-6-25-48(37)51/h1-35H. The van der Waals surface area contributed by atoms with Crippen LogP contribution in [0.25, 0.3) is 120 Å². The summed E-state index contributed by atoms with van der Waals surface area (Å²) in [5, 5.41) is 9.71. The number of hydrogen-bond acceptors (Lipinski definition) is 4. The zero-order valence-corrected chi connectivity index (χ0v) is 33.8. The van der Waals surface area contributed by atoms with Gasteiger partial charge in [0.15, 0.2) is 17.5 Å². The van der Waals surface area contributed by atoms with Crippen LogP contribution in [-0.2, 0) is 0 Å². The molecule has 0 N–H and O–H groups in total. The zero-order valence-electron chi connectivity index (χ0n) is 33.0. The largest absolute Gasteiger partial charge is 0.208 e. The highest BCUT2D eigenvalue weighted by molar-refractivity contribution is 7.25. The number of rotatable bonds is 6. The van der Waals surface area contributed by atoms with Crippen molar-refractivity contribution < 1.29 is 0 Å². The first kappa shape index (κ1) is 35.2. The van der Waals surface area contributed by atoms with Crippen LogP contribution in [-0.4, -0.2) is 15.0 Å². The summed E-state index contributed by atoms with van der Waals surface area (Å²) < 4.78 is 2.63. The Balaban J connectivity index is 0.919. The van der Waals surface area contributed by atoms with Crippen molar-refractivity contribution in [3.05, 3.63) is 212 Å². The van der Waals surface area contributed by atoms with Gasteiger partial charge in [-0.3, -0.25) is 0 Å². The van der Waals surface area contributed by atoms with Crippen molar-refractivity contribution in [2.75, 3.05) is 0 Å². The van der Waals surface area contributed by atoms with Crippen LogP contribution >= 0.6 is 11.3 Å². The highest BCUT2D eigenvalue weighted by Crippen LogP contribution is 2.40. The number of hydrogen-bond donors (Lipinski definition) is 0. The van der Waals surface area contributed by atoms with Crippen LogP contribution in [0.2, 0.25) is 0 Å². The van der Waals surface area contributed by atoms with Crippen molar-refractivity contribution in [2.24, 2.45) is 0 Å². The van der Waals surface area contributed by atoms with Gasteiger partial charge < -0.3 is 0 Å². The SMILES string of the molecule is c1cc(-c2cccc(-c3ccc4c(c3)sc3cc5ccccc5cc34)c2)cc(-c2cccc(-c3nc(-c4cccc5ccccc45)nc(-c4cccc5ccccc45)n3)c2)c1. The predicted octanol–water partition coefficient (Wildman–Crippen LogP) is 15.7. The molecule has 2 heterocycles. The normalized spacial score (nSPS) is 11.6. The quantitative estimate of drug-likeness (QED) is 0.168. The molecule has 0 amide bonds. The molecule has 0 fully saturated rings. The second-order valence-corrected chi connectivity index (χ2v) is 16.7. The molecule has 10 aromatic carbocycles. The van der Waals surface area contributed by atoms with E-state index in [0.717, 1.165) is 54.9 Å². The molecule has 0 aliphatic heterocycles. The summed E-state index contributed by atoms with van der Waals surface area (Å²) in [5.41, 5.74) is 9.87. The number of fused-ring (bicyclic) bond motifs is 6. The van der Waals surface area contributed by atoms with Crippen molar-refractivity contribution >= 4 is 63.8 Å². The fourth-order valence-electron chi connectivity index (χ4n) is 8.82. The van der Waals surface area contributed by atoms with Gasteiger partial charge in [-0.1, -0.05) is 176 Å². The fraction of sp³-hybridized carbons (Fsp3) is 0. The van der Waals surface area contributed by atoms with Gasteiger partial charge in [0.2, 0.25) is 0 Å². The van der Waals surface area contributed by atoms with Crippen LogP contribution in [0.15, 0.2) is 212 Å². The lowest BCUT2D eigenvalue weighted by Gasteiger charge is -2.12. The molecule has 0 bridgehead atoms.